The van der Waals surface area contributed by atoms with E-state index in [4.69, 9.17) is 0 Å². The van der Waals surface area contributed by atoms with Crippen molar-refractivity contribution in [2.24, 2.45) is 5.41 Å². The van der Waals surface area contributed by atoms with Gasteiger partial charge in [0.2, 0.25) is 0 Å². The highest BCUT2D eigenvalue weighted by atomic mass is 16.1. The molecule has 1 aromatic rings. The van der Waals surface area contributed by atoms with Gasteiger partial charge in [-0.1, -0.05) is 32.0 Å². The lowest BCUT2D eigenvalue weighted by Crippen LogP contribution is -2.23. The van der Waals surface area contributed by atoms with E-state index in [0.717, 1.165) is 18.4 Å². The lowest BCUT2D eigenvalue weighted by Gasteiger charge is -2.32. The van der Waals surface area contributed by atoms with Crippen molar-refractivity contribution < 1.29 is 4.79 Å². The first-order valence-electron chi connectivity index (χ1n) is 5.61. The molecule has 1 aromatic carbocycles. The zero-order valence-corrected chi connectivity index (χ0v) is 9.76. The van der Waals surface area contributed by atoms with E-state index in [9.17, 15) is 4.79 Å². The number of benzene rings is 1. The van der Waals surface area contributed by atoms with Gasteiger partial charge in [-0.25, -0.2) is 0 Å². The maximum absolute atomic E-state index is 11.5. The van der Waals surface area contributed by atoms with E-state index in [1.54, 1.807) is 6.92 Å². The summed E-state index contributed by atoms with van der Waals surface area (Å²) in [5.41, 5.74) is 3.99. The molecule has 0 bridgehead atoms. The highest BCUT2D eigenvalue weighted by Gasteiger charge is 2.26. The third-order valence-electron chi connectivity index (χ3n) is 3.37. The Kier molecular flexibility index (Phi) is 2.41. The Morgan fingerprint density at radius 3 is 2.73 bits per heavy atom. The smallest absolute Gasteiger partial charge is 0.160 e. The Hall–Kier alpha value is -1.11. The van der Waals surface area contributed by atoms with E-state index >= 15 is 0 Å². The Morgan fingerprint density at radius 1 is 1.33 bits per heavy atom. The van der Waals surface area contributed by atoms with Crippen molar-refractivity contribution in [1.29, 1.82) is 0 Å². The first kappa shape index (κ1) is 10.4. The van der Waals surface area contributed by atoms with Gasteiger partial charge in [-0.15, -0.1) is 0 Å². The van der Waals surface area contributed by atoms with Gasteiger partial charge in [-0.05, 0) is 42.7 Å². The number of ketones is 1. The summed E-state index contributed by atoms with van der Waals surface area (Å²) < 4.78 is 0. The summed E-state index contributed by atoms with van der Waals surface area (Å²) in [6, 6.07) is 6.14. The molecule has 1 aliphatic carbocycles. The van der Waals surface area contributed by atoms with Crippen molar-refractivity contribution in [3.05, 3.63) is 34.9 Å². The van der Waals surface area contributed by atoms with Gasteiger partial charge >= 0.3 is 0 Å². The average Bonchev–Trinajstić information content (AvgIpc) is 2.14. The molecule has 1 heteroatoms. The maximum Gasteiger partial charge on any atom is 0.160 e. The van der Waals surface area contributed by atoms with Crippen molar-refractivity contribution in [3.63, 3.8) is 0 Å². The van der Waals surface area contributed by atoms with Gasteiger partial charge in [0, 0.05) is 5.56 Å². The van der Waals surface area contributed by atoms with Crippen LogP contribution in [-0.2, 0) is 12.8 Å². The number of carbonyl (C=O) groups is 1. The Bertz CT molecular complexity index is 402. The second-order valence-corrected chi connectivity index (χ2v) is 5.34. The first-order chi connectivity index (χ1) is 6.99. The molecule has 0 unspecified atom stereocenters. The summed E-state index contributed by atoms with van der Waals surface area (Å²) >= 11 is 0. The van der Waals surface area contributed by atoms with Crippen molar-refractivity contribution in [2.75, 3.05) is 0 Å². The number of rotatable bonds is 1. The van der Waals surface area contributed by atoms with Gasteiger partial charge in [0.05, 0.1) is 0 Å². The molecule has 0 spiro atoms. The molecule has 2 rings (SSSR count). The van der Waals surface area contributed by atoms with E-state index in [1.165, 1.54) is 17.5 Å². The summed E-state index contributed by atoms with van der Waals surface area (Å²) in [7, 11) is 0. The Morgan fingerprint density at radius 2 is 2.07 bits per heavy atom. The fourth-order valence-electron chi connectivity index (χ4n) is 2.49. The topological polar surface area (TPSA) is 17.1 Å². The molecule has 0 heterocycles. The highest BCUT2D eigenvalue weighted by molar-refractivity contribution is 5.95. The molecule has 0 radical (unpaired) electrons. The minimum atomic E-state index is 0.201. The molecule has 0 atom stereocenters. The predicted octanol–water partition coefficient (Wildman–Crippen LogP) is 3.40. The second-order valence-electron chi connectivity index (χ2n) is 5.34. The van der Waals surface area contributed by atoms with Crippen molar-refractivity contribution in [3.8, 4) is 0 Å². The molecule has 1 aliphatic rings. The van der Waals surface area contributed by atoms with Crippen LogP contribution < -0.4 is 0 Å². The van der Waals surface area contributed by atoms with Crippen LogP contribution in [0, 0.1) is 5.41 Å². The highest BCUT2D eigenvalue weighted by Crippen LogP contribution is 2.35. The van der Waals surface area contributed by atoms with Gasteiger partial charge in [-0.2, -0.15) is 0 Å². The molecular weight excluding hydrogens is 184 g/mol. The summed E-state index contributed by atoms with van der Waals surface area (Å²) in [5.74, 6) is 0.201. The van der Waals surface area contributed by atoms with Crippen LogP contribution in [0.4, 0.5) is 0 Å². The maximum atomic E-state index is 11.5. The van der Waals surface area contributed by atoms with Crippen LogP contribution in [0.3, 0.4) is 0 Å². The standard InChI is InChI=1S/C14H18O/c1-10(15)12-6-4-5-11-9-14(2,3)8-7-13(11)12/h4-6H,7-9H2,1-3H3. The average molecular weight is 202 g/mol. The van der Waals surface area contributed by atoms with Gasteiger partial charge in [0.1, 0.15) is 0 Å². The van der Waals surface area contributed by atoms with Crippen LogP contribution in [0.15, 0.2) is 18.2 Å². The Balaban J connectivity index is 2.47. The molecular formula is C14H18O. The summed E-state index contributed by atoms with van der Waals surface area (Å²) in [6.45, 7) is 6.27. The summed E-state index contributed by atoms with van der Waals surface area (Å²) in [6.07, 6.45) is 3.34. The van der Waals surface area contributed by atoms with E-state index in [2.05, 4.69) is 19.9 Å². The van der Waals surface area contributed by atoms with Crippen LogP contribution >= 0.6 is 0 Å². The normalized spacial score (nSPS) is 18.3. The molecule has 0 aliphatic heterocycles. The molecule has 1 nitrogen and oxygen atoms in total. The van der Waals surface area contributed by atoms with E-state index in [1.807, 2.05) is 12.1 Å². The number of Topliss-reactive ketones (excluding diaryl/α,β-unsaturated/α-hetero) is 1. The minimum absolute atomic E-state index is 0.201. The fourth-order valence-corrected chi connectivity index (χ4v) is 2.49. The van der Waals surface area contributed by atoms with Crippen LogP contribution in [0.5, 0.6) is 0 Å². The lowest BCUT2D eigenvalue weighted by atomic mass is 9.73. The Labute approximate surface area is 91.5 Å². The van der Waals surface area contributed by atoms with Crippen LogP contribution in [0.25, 0.3) is 0 Å². The zero-order valence-electron chi connectivity index (χ0n) is 9.76. The molecule has 80 valence electrons. The van der Waals surface area contributed by atoms with Gasteiger partial charge in [0.15, 0.2) is 5.78 Å². The molecule has 0 N–H and O–H groups in total. The number of hydrogen-bond acceptors (Lipinski definition) is 1. The second kappa shape index (κ2) is 3.48. The third-order valence-corrected chi connectivity index (χ3v) is 3.37. The first-order valence-corrected chi connectivity index (χ1v) is 5.61. The molecule has 15 heavy (non-hydrogen) atoms. The molecule has 0 saturated heterocycles. The summed E-state index contributed by atoms with van der Waals surface area (Å²) in [4.78, 5) is 11.5. The van der Waals surface area contributed by atoms with Crippen LogP contribution in [0.1, 0.15) is 48.7 Å². The third kappa shape index (κ3) is 1.97. The van der Waals surface area contributed by atoms with E-state index in [0.29, 0.717) is 5.41 Å². The largest absolute Gasteiger partial charge is 0.295 e. The quantitative estimate of drug-likeness (QED) is 0.638. The van der Waals surface area contributed by atoms with Crippen molar-refractivity contribution in [1.82, 2.24) is 0 Å². The number of fused-ring (bicyclic) bond motifs is 1. The van der Waals surface area contributed by atoms with Gasteiger partial charge in [-0.3, -0.25) is 4.79 Å². The van der Waals surface area contributed by atoms with Crippen LogP contribution in [0.2, 0.25) is 0 Å². The van der Waals surface area contributed by atoms with E-state index < -0.39 is 0 Å². The molecule has 0 saturated carbocycles. The molecule has 0 aromatic heterocycles. The van der Waals surface area contributed by atoms with Crippen LogP contribution in [-0.4, -0.2) is 5.78 Å². The molecule has 0 fully saturated rings. The number of carbonyl (C=O) groups excluding carboxylic acids is 1. The zero-order chi connectivity index (χ0) is 11.1. The van der Waals surface area contributed by atoms with Crippen molar-refractivity contribution in [2.45, 2.75) is 40.0 Å². The SMILES string of the molecule is CC(=O)c1cccc2c1CCC(C)(C)C2. The fraction of sp³-hybridized carbons (Fsp3) is 0.500. The number of hydrogen-bond donors (Lipinski definition) is 0. The van der Waals surface area contributed by atoms with Crippen molar-refractivity contribution >= 4 is 5.78 Å². The van der Waals surface area contributed by atoms with Gasteiger partial charge < -0.3 is 0 Å². The van der Waals surface area contributed by atoms with E-state index in [-0.39, 0.29) is 5.78 Å². The monoisotopic (exact) mass is 202 g/mol. The molecule has 0 amide bonds. The summed E-state index contributed by atoms with van der Waals surface area (Å²) in [5, 5.41) is 0. The lowest BCUT2D eigenvalue weighted by molar-refractivity contribution is 0.101. The minimum Gasteiger partial charge on any atom is -0.295 e. The predicted molar refractivity (Wildman–Crippen MR) is 62.3 cm³/mol. The van der Waals surface area contributed by atoms with Gasteiger partial charge in [0.25, 0.3) is 0 Å².